The van der Waals surface area contributed by atoms with Crippen LogP contribution in [0.4, 0.5) is 0 Å². The topological polar surface area (TPSA) is 72.7 Å². The maximum Gasteiger partial charge on any atom is 0.212 e. The fraction of sp³-hybridized carbons (Fsp3) is 0.533. The van der Waals surface area contributed by atoms with Gasteiger partial charge in [-0.3, -0.25) is 0 Å². The normalized spacial score (nSPS) is 19.0. The average Bonchev–Trinajstić information content (AvgIpc) is 3.13. The Balaban J connectivity index is 1.58. The third-order valence-corrected chi connectivity index (χ3v) is 5.31. The van der Waals surface area contributed by atoms with E-state index in [1.165, 1.54) is 0 Å². The molecule has 1 fully saturated rings. The molecule has 0 aromatic carbocycles. The molecule has 6 nitrogen and oxygen atoms in total. The molecule has 1 atom stereocenters. The second kappa shape index (κ2) is 6.36. The van der Waals surface area contributed by atoms with Gasteiger partial charge in [-0.05, 0) is 38.3 Å². The van der Waals surface area contributed by atoms with Crippen LogP contribution >= 0.6 is 0 Å². The van der Waals surface area contributed by atoms with Crippen LogP contribution in [0, 0.1) is 6.92 Å². The smallest absolute Gasteiger partial charge is 0.212 e. The van der Waals surface area contributed by atoms with Gasteiger partial charge in [0.15, 0.2) is 0 Å². The number of hydrogen-bond acceptors (Lipinski definition) is 4. The average molecular weight is 323 g/mol. The molecule has 0 spiro atoms. The summed E-state index contributed by atoms with van der Waals surface area (Å²) < 4.78 is 34.1. The minimum atomic E-state index is -3.29. The Bertz CT molecular complexity index is 748. The zero-order chi connectivity index (χ0) is 15.6. The molecule has 1 aliphatic rings. The van der Waals surface area contributed by atoms with Crippen molar-refractivity contribution in [1.29, 1.82) is 0 Å². The quantitative estimate of drug-likeness (QED) is 0.877. The predicted molar refractivity (Wildman–Crippen MR) is 84.1 cm³/mol. The summed E-state index contributed by atoms with van der Waals surface area (Å²) in [5, 5.41) is 0. The third-order valence-electron chi connectivity index (χ3n) is 3.95. The second-order valence-electron chi connectivity index (χ2n) is 5.69. The molecule has 3 heterocycles. The van der Waals surface area contributed by atoms with Crippen molar-refractivity contribution in [2.75, 3.05) is 12.4 Å². The largest absolute Gasteiger partial charge is 0.378 e. The number of nitrogens with one attached hydrogen (secondary N) is 1. The van der Waals surface area contributed by atoms with Crippen LogP contribution in [-0.2, 0) is 21.3 Å². The van der Waals surface area contributed by atoms with Crippen LogP contribution in [0.1, 0.15) is 30.7 Å². The van der Waals surface area contributed by atoms with Crippen molar-refractivity contribution < 1.29 is 13.2 Å². The molecule has 1 aliphatic heterocycles. The summed E-state index contributed by atoms with van der Waals surface area (Å²) in [6.45, 7) is 2.96. The van der Waals surface area contributed by atoms with Crippen molar-refractivity contribution in [1.82, 2.24) is 14.1 Å². The number of fused-ring (bicyclic) bond motifs is 1. The Hall–Kier alpha value is -1.44. The second-order valence-corrected chi connectivity index (χ2v) is 7.62. The van der Waals surface area contributed by atoms with E-state index >= 15 is 0 Å². The molecule has 2 aromatic heterocycles. The molecule has 0 saturated carbocycles. The zero-order valence-electron chi connectivity index (χ0n) is 12.7. The summed E-state index contributed by atoms with van der Waals surface area (Å²) >= 11 is 0. The maximum absolute atomic E-state index is 12.0. The van der Waals surface area contributed by atoms with Crippen molar-refractivity contribution in [3.05, 3.63) is 35.8 Å². The Labute approximate surface area is 130 Å². The van der Waals surface area contributed by atoms with E-state index in [-0.39, 0.29) is 18.4 Å². The minimum Gasteiger partial charge on any atom is -0.378 e. The van der Waals surface area contributed by atoms with Gasteiger partial charge >= 0.3 is 0 Å². The highest BCUT2D eigenvalue weighted by Gasteiger charge is 2.19. The highest BCUT2D eigenvalue weighted by Crippen LogP contribution is 2.16. The van der Waals surface area contributed by atoms with Gasteiger partial charge in [-0.25, -0.2) is 18.1 Å². The van der Waals surface area contributed by atoms with E-state index in [0.29, 0.717) is 6.42 Å². The van der Waals surface area contributed by atoms with Crippen LogP contribution in [0.2, 0.25) is 0 Å². The van der Waals surface area contributed by atoms with Gasteiger partial charge in [-0.15, -0.1) is 0 Å². The van der Waals surface area contributed by atoms with Crippen molar-refractivity contribution in [2.24, 2.45) is 0 Å². The van der Waals surface area contributed by atoms with E-state index in [4.69, 9.17) is 4.74 Å². The summed E-state index contributed by atoms with van der Waals surface area (Å²) in [6.07, 6.45) is 4.50. The number of pyridine rings is 1. The molecule has 2 aromatic rings. The monoisotopic (exact) mass is 323 g/mol. The number of imidazole rings is 1. The van der Waals surface area contributed by atoms with E-state index in [0.717, 1.165) is 36.5 Å². The zero-order valence-corrected chi connectivity index (χ0v) is 13.5. The van der Waals surface area contributed by atoms with E-state index in [1.54, 1.807) is 0 Å². The minimum absolute atomic E-state index is 0.0921. The van der Waals surface area contributed by atoms with Crippen molar-refractivity contribution >= 4 is 15.7 Å². The molecular weight excluding hydrogens is 302 g/mol. The fourth-order valence-corrected chi connectivity index (χ4v) is 3.78. The van der Waals surface area contributed by atoms with Gasteiger partial charge in [-0.2, -0.15) is 0 Å². The van der Waals surface area contributed by atoms with Crippen LogP contribution in [-0.4, -0.2) is 36.3 Å². The first kappa shape index (κ1) is 15.5. The molecule has 7 heteroatoms. The number of hydrogen-bond donors (Lipinski definition) is 1. The lowest BCUT2D eigenvalue weighted by atomic mass is 10.2. The Kier molecular flexibility index (Phi) is 4.46. The third kappa shape index (κ3) is 3.66. The van der Waals surface area contributed by atoms with Gasteiger partial charge in [0.05, 0.1) is 24.1 Å². The van der Waals surface area contributed by atoms with Crippen molar-refractivity contribution in [3.8, 4) is 0 Å². The van der Waals surface area contributed by atoms with Crippen LogP contribution in [0.25, 0.3) is 5.65 Å². The lowest BCUT2D eigenvalue weighted by Crippen LogP contribution is -2.28. The van der Waals surface area contributed by atoms with E-state index < -0.39 is 10.0 Å². The molecule has 0 radical (unpaired) electrons. The molecule has 3 rings (SSSR count). The van der Waals surface area contributed by atoms with Crippen molar-refractivity contribution in [2.45, 2.75) is 38.8 Å². The number of nitrogens with zero attached hydrogens (tertiary/aromatic N) is 2. The van der Waals surface area contributed by atoms with Gasteiger partial charge in [0.1, 0.15) is 5.65 Å². The Morgan fingerprint density at radius 3 is 3.05 bits per heavy atom. The molecule has 1 saturated heterocycles. The Morgan fingerprint density at radius 2 is 2.32 bits per heavy atom. The first-order chi connectivity index (χ1) is 10.5. The van der Waals surface area contributed by atoms with E-state index in [2.05, 4.69) is 9.71 Å². The van der Waals surface area contributed by atoms with Gasteiger partial charge in [0.2, 0.25) is 10.0 Å². The highest BCUT2D eigenvalue weighted by atomic mass is 32.2. The fourth-order valence-electron chi connectivity index (χ4n) is 2.70. The summed E-state index contributed by atoms with van der Waals surface area (Å²) in [5.74, 6) is 0.101. The number of aromatic nitrogens is 2. The van der Waals surface area contributed by atoms with Crippen molar-refractivity contribution in [3.63, 3.8) is 0 Å². The maximum atomic E-state index is 12.0. The molecule has 22 heavy (non-hydrogen) atoms. The number of ether oxygens (including phenoxy) is 1. The summed E-state index contributed by atoms with van der Waals surface area (Å²) in [7, 11) is -3.29. The van der Waals surface area contributed by atoms with Crippen LogP contribution in [0.15, 0.2) is 24.4 Å². The SMILES string of the molecule is Cc1cccc2nc(CNS(=O)(=O)CC[C@@H]3CCCO3)cn12. The molecular formula is C15H21N3O3S. The predicted octanol–water partition coefficient (Wildman–Crippen LogP) is 1.63. The van der Waals surface area contributed by atoms with Gasteiger partial charge in [0.25, 0.3) is 0 Å². The number of rotatable bonds is 6. The van der Waals surface area contributed by atoms with E-state index in [9.17, 15) is 8.42 Å². The first-order valence-corrected chi connectivity index (χ1v) is 9.21. The standard InChI is InChI=1S/C15H21N3O3S/c1-12-4-2-6-15-17-13(11-18(12)15)10-16-22(19,20)9-7-14-5-3-8-21-14/h2,4,6,11,14,16H,3,5,7-10H2,1H3/t14-/m0/s1. The Morgan fingerprint density at radius 1 is 1.45 bits per heavy atom. The molecule has 0 amide bonds. The highest BCUT2D eigenvalue weighted by molar-refractivity contribution is 7.89. The first-order valence-electron chi connectivity index (χ1n) is 7.56. The summed E-state index contributed by atoms with van der Waals surface area (Å²) in [6, 6.07) is 5.83. The molecule has 0 aliphatic carbocycles. The molecule has 0 unspecified atom stereocenters. The number of aryl methyl sites for hydroxylation is 1. The molecule has 0 bridgehead atoms. The lowest BCUT2D eigenvalue weighted by Gasteiger charge is -2.09. The van der Waals surface area contributed by atoms with E-state index in [1.807, 2.05) is 35.7 Å². The van der Waals surface area contributed by atoms with Crippen LogP contribution < -0.4 is 4.72 Å². The van der Waals surface area contributed by atoms with Crippen LogP contribution in [0.5, 0.6) is 0 Å². The van der Waals surface area contributed by atoms with Gasteiger partial charge in [0, 0.05) is 18.5 Å². The molecule has 1 N–H and O–H groups in total. The van der Waals surface area contributed by atoms with Crippen LogP contribution in [0.3, 0.4) is 0 Å². The number of sulfonamides is 1. The summed E-state index contributed by atoms with van der Waals surface area (Å²) in [4.78, 5) is 4.43. The van der Waals surface area contributed by atoms with Gasteiger partial charge < -0.3 is 9.14 Å². The lowest BCUT2D eigenvalue weighted by molar-refractivity contribution is 0.109. The van der Waals surface area contributed by atoms with Gasteiger partial charge in [-0.1, -0.05) is 6.07 Å². The summed E-state index contributed by atoms with van der Waals surface area (Å²) in [5.41, 5.74) is 2.61. The molecule has 120 valence electrons.